The van der Waals surface area contributed by atoms with E-state index in [1.165, 1.54) is 38.5 Å². The van der Waals surface area contributed by atoms with Crippen molar-refractivity contribution in [1.29, 1.82) is 0 Å². The van der Waals surface area contributed by atoms with Gasteiger partial charge in [-0.05, 0) is 45.1 Å². The van der Waals surface area contributed by atoms with Crippen molar-refractivity contribution in [2.45, 2.75) is 103 Å². The Bertz CT molecular complexity index is 423. The summed E-state index contributed by atoms with van der Waals surface area (Å²) in [6.45, 7) is 7.77. The molecule has 0 aromatic rings. The van der Waals surface area contributed by atoms with Crippen LogP contribution in [-0.2, 0) is 9.53 Å². The third-order valence-electron chi connectivity index (χ3n) is 5.82. The zero-order chi connectivity index (χ0) is 21.7. The Morgan fingerprint density at radius 3 is 2.53 bits per heavy atom. The topological polar surface area (TPSA) is 61.8 Å². The van der Waals surface area contributed by atoms with Gasteiger partial charge in [0.05, 0.1) is 19.3 Å². The van der Waals surface area contributed by atoms with Gasteiger partial charge in [-0.3, -0.25) is 9.69 Å². The van der Waals surface area contributed by atoms with Crippen molar-refractivity contribution in [3.8, 4) is 0 Å². The highest BCUT2D eigenvalue weighted by atomic mass is 16.5. The van der Waals surface area contributed by atoms with Gasteiger partial charge in [-0.15, -0.1) is 0 Å². The van der Waals surface area contributed by atoms with E-state index >= 15 is 0 Å². The summed E-state index contributed by atoms with van der Waals surface area (Å²) in [6.07, 6.45) is 19.4. The number of hydrogen-bond donors (Lipinski definition) is 2. The lowest BCUT2D eigenvalue weighted by Crippen LogP contribution is -2.38. The average Bonchev–Trinajstić information content (AvgIpc) is 2.76. The van der Waals surface area contributed by atoms with Crippen LogP contribution in [0.1, 0.15) is 96.8 Å². The molecule has 1 amide bonds. The molecule has 0 aromatic carbocycles. The van der Waals surface area contributed by atoms with Crippen LogP contribution in [0, 0.1) is 0 Å². The Morgan fingerprint density at radius 1 is 1.00 bits per heavy atom. The van der Waals surface area contributed by atoms with Gasteiger partial charge in [-0.2, -0.15) is 0 Å². The zero-order valence-electron chi connectivity index (χ0n) is 19.6. The van der Waals surface area contributed by atoms with Crippen LogP contribution in [0.5, 0.6) is 0 Å². The molecule has 0 bridgehead atoms. The third-order valence-corrected chi connectivity index (χ3v) is 5.82. The molecule has 176 valence electrons. The first-order valence-electron chi connectivity index (χ1n) is 12.6. The van der Waals surface area contributed by atoms with Crippen molar-refractivity contribution < 1.29 is 14.6 Å². The smallest absolute Gasteiger partial charge is 0.219 e. The molecule has 1 atom stereocenters. The number of carbonyl (C=O) groups is 1. The number of hydrogen-bond acceptors (Lipinski definition) is 4. The molecule has 30 heavy (non-hydrogen) atoms. The Balaban J connectivity index is 1.81. The van der Waals surface area contributed by atoms with Gasteiger partial charge in [0.2, 0.25) is 5.91 Å². The average molecular weight is 425 g/mol. The SMILES string of the molecule is CCCCCC[C@@H](O)C/C=C\CCCCCCCC(=O)NCCCN1CCOCC1. The minimum absolute atomic E-state index is 0.163. The molecule has 0 spiro atoms. The monoisotopic (exact) mass is 424 g/mol. The third kappa shape index (κ3) is 16.8. The lowest BCUT2D eigenvalue weighted by atomic mass is 10.1. The van der Waals surface area contributed by atoms with Crippen molar-refractivity contribution in [1.82, 2.24) is 10.2 Å². The van der Waals surface area contributed by atoms with Crippen LogP contribution in [0.15, 0.2) is 12.2 Å². The summed E-state index contributed by atoms with van der Waals surface area (Å²) in [5.74, 6) is 0.202. The highest BCUT2D eigenvalue weighted by molar-refractivity contribution is 5.75. The molecular weight excluding hydrogens is 376 g/mol. The summed E-state index contributed by atoms with van der Waals surface area (Å²) >= 11 is 0. The van der Waals surface area contributed by atoms with Crippen molar-refractivity contribution in [3.05, 3.63) is 12.2 Å². The first kappa shape index (κ1) is 27.1. The lowest BCUT2D eigenvalue weighted by molar-refractivity contribution is -0.121. The number of unbranched alkanes of at least 4 members (excludes halogenated alkanes) is 8. The van der Waals surface area contributed by atoms with Gasteiger partial charge in [-0.25, -0.2) is 0 Å². The van der Waals surface area contributed by atoms with E-state index in [9.17, 15) is 9.90 Å². The first-order chi connectivity index (χ1) is 14.7. The van der Waals surface area contributed by atoms with Crippen molar-refractivity contribution in [2.75, 3.05) is 39.4 Å². The molecule has 1 rings (SSSR count). The quantitative estimate of drug-likeness (QED) is 0.230. The number of carbonyl (C=O) groups excluding carboxylic acids is 1. The van der Waals surface area contributed by atoms with Crippen LogP contribution < -0.4 is 5.32 Å². The molecule has 0 radical (unpaired) electrons. The predicted molar refractivity (Wildman–Crippen MR) is 126 cm³/mol. The normalized spacial score (nSPS) is 16.2. The van der Waals surface area contributed by atoms with Crippen LogP contribution in [0.3, 0.4) is 0 Å². The summed E-state index contributed by atoms with van der Waals surface area (Å²) in [5, 5.41) is 13.0. The largest absolute Gasteiger partial charge is 0.393 e. The number of aliphatic hydroxyl groups is 1. The molecule has 5 nitrogen and oxygen atoms in total. The molecule has 0 unspecified atom stereocenters. The van der Waals surface area contributed by atoms with E-state index in [-0.39, 0.29) is 12.0 Å². The minimum atomic E-state index is -0.163. The van der Waals surface area contributed by atoms with E-state index in [1.54, 1.807) is 0 Å². The summed E-state index contributed by atoms with van der Waals surface area (Å²) in [5.41, 5.74) is 0. The molecule has 5 heteroatoms. The molecule has 1 saturated heterocycles. The predicted octanol–water partition coefficient (Wildman–Crippen LogP) is 4.83. The Kier molecular flexibility index (Phi) is 18.1. The Morgan fingerprint density at radius 2 is 1.73 bits per heavy atom. The fourth-order valence-corrected chi connectivity index (χ4v) is 3.82. The molecule has 0 aliphatic carbocycles. The molecule has 1 aliphatic rings. The second-order valence-corrected chi connectivity index (χ2v) is 8.67. The minimum Gasteiger partial charge on any atom is -0.393 e. The maximum Gasteiger partial charge on any atom is 0.219 e. The molecule has 1 fully saturated rings. The van der Waals surface area contributed by atoms with Gasteiger partial charge in [-0.1, -0.05) is 64.0 Å². The number of morpholine rings is 1. The van der Waals surface area contributed by atoms with Crippen molar-refractivity contribution in [3.63, 3.8) is 0 Å². The van der Waals surface area contributed by atoms with Gasteiger partial charge in [0.1, 0.15) is 0 Å². The van der Waals surface area contributed by atoms with Crippen molar-refractivity contribution in [2.24, 2.45) is 0 Å². The number of allylic oxidation sites excluding steroid dienone is 1. The van der Waals surface area contributed by atoms with Crippen LogP contribution in [-0.4, -0.2) is 61.4 Å². The molecular formula is C25H48N2O3. The van der Waals surface area contributed by atoms with E-state index in [1.807, 2.05) is 0 Å². The number of amides is 1. The van der Waals surface area contributed by atoms with E-state index in [0.717, 1.165) is 84.3 Å². The highest BCUT2D eigenvalue weighted by Gasteiger charge is 2.09. The van der Waals surface area contributed by atoms with Crippen LogP contribution >= 0.6 is 0 Å². The van der Waals surface area contributed by atoms with Crippen LogP contribution in [0.2, 0.25) is 0 Å². The van der Waals surface area contributed by atoms with E-state index in [2.05, 4.69) is 29.3 Å². The summed E-state index contributed by atoms with van der Waals surface area (Å²) in [6, 6.07) is 0. The second-order valence-electron chi connectivity index (χ2n) is 8.67. The van der Waals surface area contributed by atoms with Gasteiger partial charge >= 0.3 is 0 Å². The molecule has 0 saturated carbocycles. The van der Waals surface area contributed by atoms with Gasteiger partial charge < -0.3 is 15.2 Å². The number of rotatable bonds is 19. The molecule has 0 aromatic heterocycles. The number of ether oxygens (including phenoxy) is 1. The standard InChI is InChI=1S/C25H48N2O3/c1-2-3-4-11-15-24(28)16-12-9-7-5-6-8-10-13-17-25(29)26-18-14-19-27-20-22-30-23-21-27/h9,12,24,28H,2-8,10-11,13-23H2,1H3,(H,26,29)/b12-9-/t24-/m1/s1. The lowest BCUT2D eigenvalue weighted by Gasteiger charge is -2.26. The van der Waals surface area contributed by atoms with E-state index in [4.69, 9.17) is 4.74 Å². The molecule has 2 N–H and O–H groups in total. The second kappa shape index (κ2) is 20.0. The van der Waals surface area contributed by atoms with Gasteiger partial charge in [0.25, 0.3) is 0 Å². The maximum atomic E-state index is 11.9. The van der Waals surface area contributed by atoms with E-state index in [0.29, 0.717) is 6.42 Å². The number of aliphatic hydroxyl groups excluding tert-OH is 1. The fourth-order valence-electron chi connectivity index (χ4n) is 3.82. The summed E-state index contributed by atoms with van der Waals surface area (Å²) in [7, 11) is 0. The Hall–Kier alpha value is -0.910. The summed E-state index contributed by atoms with van der Waals surface area (Å²) < 4.78 is 5.34. The van der Waals surface area contributed by atoms with Crippen LogP contribution in [0.4, 0.5) is 0 Å². The maximum absolute atomic E-state index is 11.9. The first-order valence-corrected chi connectivity index (χ1v) is 12.6. The Labute approximate surface area is 185 Å². The molecule has 1 aliphatic heterocycles. The summed E-state index contributed by atoms with van der Waals surface area (Å²) in [4.78, 5) is 14.3. The van der Waals surface area contributed by atoms with Crippen molar-refractivity contribution >= 4 is 5.91 Å². The van der Waals surface area contributed by atoms with Crippen LogP contribution in [0.25, 0.3) is 0 Å². The fraction of sp³-hybridized carbons (Fsp3) is 0.880. The van der Waals surface area contributed by atoms with Gasteiger partial charge in [0, 0.05) is 26.1 Å². The van der Waals surface area contributed by atoms with Gasteiger partial charge in [0.15, 0.2) is 0 Å². The molecule has 1 heterocycles. The number of nitrogens with zero attached hydrogens (tertiary/aromatic N) is 1. The zero-order valence-corrected chi connectivity index (χ0v) is 19.6. The van der Waals surface area contributed by atoms with E-state index < -0.39 is 0 Å². The highest BCUT2D eigenvalue weighted by Crippen LogP contribution is 2.10. The number of nitrogens with one attached hydrogen (secondary N) is 1.